The summed E-state index contributed by atoms with van der Waals surface area (Å²) < 4.78 is 65.1. The fraction of sp³-hybridized carbons (Fsp3) is 0.306. The number of unbranched alkanes of at least 4 members (excludes halogenated alkanes) is 3. The summed E-state index contributed by atoms with van der Waals surface area (Å²) in [6.45, 7) is 0.985. The Morgan fingerprint density at radius 1 is 0.938 bits per heavy atom. The Labute approximate surface area is 451 Å². The van der Waals surface area contributed by atoms with Gasteiger partial charge in [-0.1, -0.05) is 18.8 Å². The number of imidazole rings is 1. The van der Waals surface area contributed by atoms with Gasteiger partial charge in [-0.25, -0.2) is 33.6 Å². The number of aromatic hydroxyl groups is 1. The second kappa shape index (κ2) is 24.9. The van der Waals surface area contributed by atoms with Crippen LogP contribution in [0.4, 0.5) is 11.5 Å². The van der Waals surface area contributed by atoms with Gasteiger partial charge in [-0.3, -0.25) is 38.4 Å². The minimum absolute atomic E-state index is 0.0286. The lowest BCUT2D eigenvalue weighted by Gasteiger charge is -2.19. The van der Waals surface area contributed by atoms with Gasteiger partial charge in [0.15, 0.2) is 28.2 Å². The maximum atomic E-state index is 13.5. The normalized spacial score (nSPS) is 17.3. The first-order valence-corrected chi connectivity index (χ1v) is 28.7. The largest absolute Gasteiger partial charge is 0.508 e. The van der Waals surface area contributed by atoms with Crippen LogP contribution in [0.15, 0.2) is 88.7 Å². The van der Waals surface area contributed by atoms with Gasteiger partial charge in [0.25, 0.3) is 12.2 Å². The minimum Gasteiger partial charge on any atom is -0.508 e. The molecule has 28 nitrogen and oxygen atoms in total. The quantitative estimate of drug-likeness (QED) is 0.00430. The maximum absolute atomic E-state index is 13.5. The monoisotopic (exact) mass is 1160 g/mol. The van der Waals surface area contributed by atoms with Crippen LogP contribution in [0.25, 0.3) is 44.6 Å². The van der Waals surface area contributed by atoms with E-state index < -0.39 is 59.5 Å². The second-order valence-corrected chi connectivity index (χ2v) is 22.5. The molecule has 5 aromatic rings. The number of carbonyl (C=O) groups excluding carboxylic acids is 3. The number of benzene rings is 3. The first-order valence-electron chi connectivity index (χ1n) is 24.2. The van der Waals surface area contributed by atoms with Gasteiger partial charge in [0.1, 0.15) is 53.0 Å². The summed E-state index contributed by atoms with van der Waals surface area (Å²) in [5, 5.41) is 36.6. The Kier molecular flexibility index (Phi) is 18.3. The van der Waals surface area contributed by atoms with Crippen molar-refractivity contribution in [3.05, 3.63) is 117 Å². The van der Waals surface area contributed by atoms with Crippen molar-refractivity contribution in [2.24, 2.45) is 0 Å². The van der Waals surface area contributed by atoms with Gasteiger partial charge < -0.3 is 49.0 Å². The third-order valence-electron chi connectivity index (χ3n) is 12.4. The molecule has 2 aliphatic heterocycles. The fourth-order valence-electron chi connectivity index (χ4n) is 8.76. The zero-order valence-corrected chi connectivity index (χ0v) is 44.5. The number of phenolic OH excluding ortho intramolecular Hbond substituents is 1. The summed E-state index contributed by atoms with van der Waals surface area (Å²) >= 11 is 0. The first kappa shape index (κ1) is 58.7. The number of phenols is 1. The topological polar surface area (TPSA) is 412 Å². The van der Waals surface area contributed by atoms with E-state index in [1.807, 2.05) is 0 Å². The summed E-state index contributed by atoms with van der Waals surface area (Å²) in [4.78, 5) is 115. The molecule has 1 aliphatic carbocycles. The number of fused-ring (bicyclic) bond motifs is 3. The minimum atomic E-state index is -5.78. The Hall–Kier alpha value is -7.47. The summed E-state index contributed by atoms with van der Waals surface area (Å²) in [6.07, 6.45) is 3.21. The summed E-state index contributed by atoms with van der Waals surface area (Å²) in [6, 6.07) is 13.9. The molecule has 0 amide bonds. The summed E-state index contributed by atoms with van der Waals surface area (Å²) in [5.41, 5.74) is 2.08. The average Bonchev–Trinajstić information content (AvgIpc) is 4.02. The van der Waals surface area contributed by atoms with E-state index in [-0.39, 0.29) is 106 Å². The Balaban J connectivity index is 0.801. The highest BCUT2D eigenvalue weighted by molar-refractivity contribution is 7.66. The number of ketones is 2. The van der Waals surface area contributed by atoms with Crippen LogP contribution < -0.4 is 15.5 Å². The van der Waals surface area contributed by atoms with Crippen LogP contribution in [0.1, 0.15) is 98.6 Å². The van der Waals surface area contributed by atoms with Gasteiger partial charge in [0.2, 0.25) is 0 Å². The van der Waals surface area contributed by atoms with Crippen LogP contribution in [0.5, 0.6) is 11.5 Å². The van der Waals surface area contributed by atoms with Crippen molar-refractivity contribution >= 4 is 75.1 Å². The standard InChI is InChI=1S/C49H48N7O21P3/c1-28(54-48-47-49(52-25-51-48)55(26-53-47)45-22-40(62)44(75-45)24-73-79(68,69)77-80(70,71)76-78(65,66)67)37-23-50-30(19-38(37)56(63)64)8-6-7-10-31(58)9-4-2-3-5-11-39(61)29-12-17-41(72-27-57)36(18-29)46-34-15-13-32(59)20-42(34)74-43-21-33(60)14-16-35(43)46/h12-21,23,25-28,40,44-45,59,62H,2-5,7,9-11,22,24H2,1H3,(H,68,69)(H,70,71)(H,51,52,54)(H2,65,66,67)/t28-,40?,44+,45+/m0/s1. The van der Waals surface area contributed by atoms with Crippen LogP contribution in [0.3, 0.4) is 0 Å². The SMILES string of the molecule is C[C@H](Nc1ncnc2c1ncn2[C@H]1CC(O)[C@@H](COP(=O)(O)OP(=O)(O)OP(=O)(O)O)O1)c1cnc(C#CCCC(=O)CCCCCCC(=O)c2ccc(OC=O)c(-c3c4ccc(=O)cc-4oc4cc(O)ccc34)c2)cc1[N+](=O)[O-]. The molecule has 0 spiro atoms. The van der Waals surface area contributed by atoms with Crippen molar-refractivity contribution in [1.82, 2.24) is 24.5 Å². The lowest BCUT2D eigenvalue weighted by atomic mass is 9.91. The molecule has 0 saturated carbocycles. The number of nitrogens with one attached hydrogen (secondary N) is 1. The third kappa shape index (κ3) is 14.7. The number of nitrogens with zero attached hydrogens (tertiary/aromatic N) is 6. The molecule has 0 bridgehead atoms. The number of aromatic nitrogens is 5. The molecule has 3 unspecified atom stereocenters. The van der Waals surface area contributed by atoms with E-state index in [9.17, 15) is 63.0 Å². The molecule has 31 heteroatoms. The van der Waals surface area contributed by atoms with Gasteiger partial charge in [0, 0.05) is 78.1 Å². The molecule has 7 N–H and O–H groups in total. The molecular formula is C49H48N7O21P3. The molecule has 6 atom stereocenters. The Bertz CT molecular complexity index is 3760. The van der Waals surface area contributed by atoms with Crippen LogP contribution in [-0.4, -0.2) is 96.1 Å². The zero-order valence-electron chi connectivity index (χ0n) is 41.8. The van der Waals surface area contributed by atoms with Crippen LogP contribution in [0, 0.1) is 22.0 Å². The smallest absolute Gasteiger partial charge is 0.490 e. The van der Waals surface area contributed by atoms with E-state index in [2.05, 4.69) is 50.2 Å². The number of Topliss-reactive ketones (excluding diaryl/α,β-unsaturated/α-hetero) is 2. The van der Waals surface area contributed by atoms with E-state index >= 15 is 0 Å². The lowest BCUT2D eigenvalue weighted by molar-refractivity contribution is -0.385. The van der Waals surface area contributed by atoms with Gasteiger partial charge in [-0.15, -0.1) is 0 Å². The Morgan fingerprint density at radius 2 is 1.71 bits per heavy atom. The van der Waals surface area contributed by atoms with Crippen molar-refractivity contribution in [2.75, 3.05) is 11.9 Å². The van der Waals surface area contributed by atoms with Gasteiger partial charge in [0.05, 0.1) is 41.6 Å². The van der Waals surface area contributed by atoms with Crippen LogP contribution in [-0.2, 0) is 41.2 Å². The van der Waals surface area contributed by atoms with E-state index in [1.165, 1.54) is 59.8 Å². The van der Waals surface area contributed by atoms with Crippen molar-refractivity contribution in [3.8, 4) is 45.8 Å². The number of pyridine rings is 1. The van der Waals surface area contributed by atoms with Crippen molar-refractivity contribution < 1.29 is 89.8 Å². The summed E-state index contributed by atoms with van der Waals surface area (Å²) in [5.74, 6) is 5.92. The Morgan fingerprint density at radius 3 is 2.46 bits per heavy atom. The number of rotatable bonds is 25. The third-order valence-corrected chi connectivity index (χ3v) is 16.2. The number of hydrogen-bond donors (Lipinski definition) is 7. The van der Waals surface area contributed by atoms with E-state index in [0.717, 1.165) is 0 Å². The molecule has 5 heterocycles. The van der Waals surface area contributed by atoms with Crippen molar-refractivity contribution in [1.29, 1.82) is 0 Å². The number of anilines is 1. The zero-order chi connectivity index (χ0) is 57.5. The second-order valence-electron chi connectivity index (χ2n) is 18.0. The highest BCUT2D eigenvalue weighted by Gasteiger charge is 2.43. The van der Waals surface area contributed by atoms with E-state index in [0.29, 0.717) is 59.7 Å². The average molecular weight is 1160 g/mol. The van der Waals surface area contributed by atoms with Gasteiger partial charge >= 0.3 is 23.5 Å². The predicted octanol–water partition coefficient (Wildman–Crippen LogP) is 7.34. The number of carbonyl (C=O) groups is 3. The number of aliphatic hydroxyl groups is 1. The number of phosphoric ester groups is 1. The van der Waals surface area contributed by atoms with Crippen LogP contribution >= 0.6 is 23.5 Å². The molecule has 2 aromatic carbocycles. The molecule has 8 rings (SSSR count). The van der Waals surface area contributed by atoms with Gasteiger partial charge in [-0.05, 0) is 68.2 Å². The molecule has 0 radical (unpaired) electrons. The molecule has 420 valence electrons. The molecule has 1 saturated heterocycles. The highest BCUT2D eigenvalue weighted by Crippen LogP contribution is 2.66. The van der Waals surface area contributed by atoms with Crippen LogP contribution in [0.2, 0.25) is 0 Å². The maximum Gasteiger partial charge on any atom is 0.490 e. The summed E-state index contributed by atoms with van der Waals surface area (Å²) in [7, 11) is -16.9. The number of hydrogen-bond acceptors (Lipinski definition) is 22. The molecular weight excluding hydrogens is 1120 g/mol. The van der Waals surface area contributed by atoms with Crippen molar-refractivity contribution in [3.63, 3.8) is 0 Å². The molecule has 3 aromatic heterocycles. The number of phosphoric acid groups is 3. The molecule has 3 aliphatic rings. The van der Waals surface area contributed by atoms with E-state index in [1.54, 1.807) is 31.2 Å². The number of ether oxygens (including phenoxy) is 2. The predicted molar refractivity (Wildman–Crippen MR) is 279 cm³/mol. The van der Waals surface area contributed by atoms with E-state index in [4.69, 9.17) is 23.7 Å². The molecule has 1 fully saturated rings. The van der Waals surface area contributed by atoms with Crippen molar-refractivity contribution in [2.45, 2.75) is 89.2 Å². The number of nitro groups is 1. The van der Waals surface area contributed by atoms with Gasteiger partial charge in [-0.2, -0.15) is 8.62 Å². The highest BCUT2D eigenvalue weighted by atomic mass is 31.3. The lowest BCUT2D eigenvalue weighted by Crippen LogP contribution is -2.26. The first-order chi connectivity index (χ1) is 38.0. The number of aliphatic hydroxyl groups excluding tert-OH is 1. The fourth-order valence-corrected chi connectivity index (χ4v) is 11.8. The molecule has 80 heavy (non-hydrogen) atoms.